The maximum atomic E-state index is 12.3. The van der Waals surface area contributed by atoms with Gasteiger partial charge in [0.05, 0.1) is 11.7 Å². The molecule has 1 N–H and O–H groups in total. The molecule has 0 aliphatic heterocycles. The van der Waals surface area contributed by atoms with E-state index >= 15 is 0 Å². The van der Waals surface area contributed by atoms with E-state index < -0.39 is 0 Å². The smallest absolute Gasteiger partial charge is 0.255 e. The summed E-state index contributed by atoms with van der Waals surface area (Å²) >= 11 is 0. The zero-order valence-corrected chi connectivity index (χ0v) is 12.6. The third-order valence-corrected chi connectivity index (χ3v) is 3.34. The molecular weight excluding hydrogens is 290 g/mol. The van der Waals surface area contributed by atoms with Gasteiger partial charge in [0, 0.05) is 22.8 Å². The van der Waals surface area contributed by atoms with E-state index in [9.17, 15) is 4.79 Å². The predicted molar refractivity (Wildman–Crippen MR) is 90.7 cm³/mol. The average Bonchev–Trinajstić information content (AvgIpc) is 2.60. The maximum absolute atomic E-state index is 12.3. The third kappa shape index (κ3) is 3.52. The molecule has 0 aliphatic rings. The van der Waals surface area contributed by atoms with Gasteiger partial charge in [-0.3, -0.25) is 9.78 Å². The number of aromatic nitrogens is 1. The minimum absolute atomic E-state index is 0.163. The van der Waals surface area contributed by atoms with Gasteiger partial charge in [-0.1, -0.05) is 23.4 Å². The van der Waals surface area contributed by atoms with Gasteiger partial charge in [0.15, 0.2) is 0 Å². The summed E-state index contributed by atoms with van der Waals surface area (Å²) in [6.07, 6.45) is 3.33. The van der Waals surface area contributed by atoms with E-state index in [-0.39, 0.29) is 5.91 Å². The molecule has 2 aromatic carbocycles. The fraction of sp³-hybridized carbons (Fsp3) is 0.0556. The van der Waals surface area contributed by atoms with Crippen LogP contribution in [0.5, 0.6) is 0 Å². The van der Waals surface area contributed by atoms with Crippen molar-refractivity contribution in [3.63, 3.8) is 0 Å². The van der Waals surface area contributed by atoms with Crippen molar-refractivity contribution in [2.45, 2.75) is 0 Å². The Hall–Kier alpha value is -3.21. The molecule has 0 bridgehead atoms. The first kappa shape index (κ1) is 14.7. The Morgan fingerprint density at radius 1 is 1.17 bits per heavy atom. The summed E-state index contributed by atoms with van der Waals surface area (Å²) in [6.45, 7) is 0. The molecule has 0 fully saturated rings. The van der Waals surface area contributed by atoms with Gasteiger partial charge >= 0.3 is 0 Å². The average molecular weight is 305 g/mol. The Balaban J connectivity index is 1.76. The number of carbonyl (C=O) groups is 1. The highest BCUT2D eigenvalue weighted by Crippen LogP contribution is 2.17. The van der Waals surface area contributed by atoms with Gasteiger partial charge in [-0.2, -0.15) is 0 Å². The molecule has 0 unspecified atom stereocenters. The van der Waals surface area contributed by atoms with Crippen LogP contribution in [0.25, 0.3) is 10.9 Å². The van der Waals surface area contributed by atoms with Crippen molar-refractivity contribution in [1.82, 2.24) is 4.98 Å². The van der Waals surface area contributed by atoms with E-state index in [1.54, 1.807) is 24.5 Å². The van der Waals surface area contributed by atoms with Crippen LogP contribution in [0.1, 0.15) is 15.9 Å². The number of nitrogens with one attached hydrogen (secondary N) is 1. The Morgan fingerprint density at radius 3 is 2.78 bits per heavy atom. The van der Waals surface area contributed by atoms with E-state index in [4.69, 9.17) is 0 Å². The zero-order chi connectivity index (χ0) is 16.1. The Labute approximate surface area is 133 Å². The lowest BCUT2D eigenvalue weighted by atomic mass is 10.1. The maximum Gasteiger partial charge on any atom is 0.255 e. The molecule has 1 aromatic heterocycles. The number of nitrogens with zero attached hydrogens (tertiary/aromatic N) is 2. The van der Waals surface area contributed by atoms with E-state index in [0.717, 1.165) is 22.2 Å². The Morgan fingerprint density at radius 2 is 2.00 bits per heavy atom. The predicted octanol–water partition coefficient (Wildman–Crippen LogP) is 3.47. The molecule has 1 heterocycles. The molecule has 0 atom stereocenters. The third-order valence-electron chi connectivity index (χ3n) is 3.34. The molecule has 3 aromatic rings. The summed E-state index contributed by atoms with van der Waals surface area (Å²) in [5, 5.41) is 7.55. The summed E-state index contributed by atoms with van der Waals surface area (Å²) in [4.78, 5) is 21.2. The SMILES string of the molecule is CON=Cc1ccc(C(=O)Nc2ccc3ncccc3c2)cc1. The molecule has 0 radical (unpaired) electrons. The van der Waals surface area contributed by atoms with Crippen molar-refractivity contribution in [2.24, 2.45) is 5.16 Å². The molecule has 0 aliphatic carbocycles. The zero-order valence-electron chi connectivity index (χ0n) is 12.6. The molecule has 114 valence electrons. The molecule has 1 amide bonds. The van der Waals surface area contributed by atoms with Crippen molar-refractivity contribution in [3.05, 3.63) is 71.9 Å². The van der Waals surface area contributed by atoms with E-state index in [1.165, 1.54) is 7.11 Å². The number of carbonyl (C=O) groups excluding carboxylic acids is 1. The topological polar surface area (TPSA) is 63.6 Å². The molecule has 5 heteroatoms. The Bertz CT molecular complexity index is 858. The van der Waals surface area contributed by atoms with Gasteiger partial charge in [-0.05, 0) is 42.0 Å². The van der Waals surface area contributed by atoms with Gasteiger partial charge in [-0.15, -0.1) is 0 Å². The highest BCUT2D eigenvalue weighted by atomic mass is 16.6. The molecule has 3 rings (SSSR count). The fourth-order valence-corrected chi connectivity index (χ4v) is 2.19. The van der Waals surface area contributed by atoms with Crippen LogP contribution in [0.15, 0.2) is 65.9 Å². The minimum Gasteiger partial charge on any atom is -0.399 e. The van der Waals surface area contributed by atoms with Gasteiger partial charge in [0.2, 0.25) is 0 Å². The largest absolute Gasteiger partial charge is 0.399 e. The van der Waals surface area contributed by atoms with Crippen molar-refractivity contribution < 1.29 is 9.63 Å². The van der Waals surface area contributed by atoms with Gasteiger partial charge in [0.25, 0.3) is 5.91 Å². The summed E-state index contributed by atoms with van der Waals surface area (Å²) in [5.41, 5.74) is 3.07. The van der Waals surface area contributed by atoms with Crippen LogP contribution in [0, 0.1) is 0 Å². The standard InChI is InChI=1S/C18H15N3O2/c1-23-20-12-13-4-6-14(7-5-13)18(22)21-16-8-9-17-15(11-16)3-2-10-19-17/h2-12H,1H3,(H,21,22). The van der Waals surface area contributed by atoms with Gasteiger partial charge in [-0.25, -0.2) is 0 Å². The van der Waals surface area contributed by atoms with Gasteiger partial charge < -0.3 is 10.2 Å². The van der Waals surface area contributed by atoms with Gasteiger partial charge in [0.1, 0.15) is 7.11 Å². The van der Waals surface area contributed by atoms with Crippen LogP contribution >= 0.6 is 0 Å². The lowest BCUT2D eigenvalue weighted by Gasteiger charge is -2.06. The number of oxime groups is 1. The summed E-state index contributed by atoms with van der Waals surface area (Å²) in [7, 11) is 1.48. The van der Waals surface area contributed by atoms with Crippen molar-refractivity contribution in [1.29, 1.82) is 0 Å². The number of hydrogen-bond acceptors (Lipinski definition) is 4. The number of pyridine rings is 1. The van der Waals surface area contributed by atoms with E-state index in [2.05, 4.69) is 20.3 Å². The van der Waals surface area contributed by atoms with Crippen molar-refractivity contribution in [2.75, 3.05) is 12.4 Å². The summed E-state index contributed by atoms with van der Waals surface area (Å²) in [5.74, 6) is -0.163. The molecule has 0 spiro atoms. The molecule has 23 heavy (non-hydrogen) atoms. The Kier molecular flexibility index (Phi) is 4.29. The van der Waals surface area contributed by atoms with Crippen molar-refractivity contribution >= 4 is 28.7 Å². The second kappa shape index (κ2) is 6.70. The number of rotatable bonds is 4. The second-order valence-electron chi connectivity index (χ2n) is 4.90. The quantitative estimate of drug-likeness (QED) is 0.593. The first-order valence-corrected chi connectivity index (χ1v) is 7.09. The molecule has 5 nitrogen and oxygen atoms in total. The number of hydrogen-bond donors (Lipinski definition) is 1. The summed E-state index contributed by atoms with van der Waals surface area (Å²) < 4.78 is 0. The highest BCUT2D eigenvalue weighted by Gasteiger charge is 2.06. The fourth-order valence-electron chi connectivity index (χ4n) is 2.19. The first-order valence-electron chi connectivity index (χ1n) is 7.09. The normalized spacial score (nSPS) is 10.8. The molecule has 0 saturated carbocycles. The first-order chi connectivity index (χ1) is 11.3. The number of benzene rings is 2. The lowest BCUT2D eigenvalue weighted by molar-refractivity contribution is 0.102. The molecule has 0 saturated heterocycles. The van der Waals surface area contributed by atoms with Crippen LogP contribution in [-0.4, -0.2) is 24.2 Å². The van der Waals surface area contributed by atoms with Crippen LogP contribution in [0.2, 0.25) is 0 Å². The summed E-state index contributed by atoms with van der Waals surface area (Å²) in [6, 6.07) is 16.6. The second-order valence-corrected chi connectivity index (χ2v) is 4.90. The molecular formula is C18H15N3O2. The van der Waals surface area contributed by atoms with Crippen LogP contribution in [0.4, 0.5) is 5.69 Å². The van der Waals surface area contributed by atoms with E-state index in [1.807, 2.05) is 42.5 Å². The number of anilines is 1. The van der Waals surface area contributed by atoms with E-state index in [0.29, 0.717) is 5.56 Å². The monoisotopic (exact) mass is 305 g/mol. The van der Waals surface area contributed by atoms with Crippen LogP contribution < -0.4 is 5.32 Å². The minimum atomic E-state index is -0.163. The number of fused-ring (bicyclic) bond motifs is 1. The highest BCUT2D eigenvalue weighted by molar-refractivity contribution is 6.05. The number of amides is 1. The van der Waals surface area contributed by atoms with Crippen LogP contribution in [-0.2, 0) is 4.84 Å². The lowest BCUT2D eigenvalue weighted by Crippen LogP contribution is -2.11. The van der Waals surface area contributed by atoms with Crippen LogP contribution in [0.3, 0.4) is 0 Å². The van der Waals surface area contributed by atoms with Crippen molar-refractivity contribution in [3.8, 4) is 0 Å².